The van der Waals surface area contributed by atoms with Gasteiger partial charge in [0.2, 0.25) is 0 Å². The summed E-state index contributed by atoms with van der Waals surface area (Å²) in [5.74, 6) is 2.28. The van der Waals surface area contributed by atoms with Crippen LogP contribution in [-0.4, -0.2) is 56.3 Å². The maximum Gasteiger partial charge on any atom is 0.266 e. The largest absolute Gasteiger partial charge is 0.497 e. The van der Waals surface area contributed by atoms with Crippen LogP contribution in [0.2, 0.25) is 0 Å². The van der Waals surface area contributed by atoms with E-state index in [1.165, 1.54) is 17.0 Å². The van der Waals surface area contributed by atoms with E-state index < -0.39 is 0 Å². The topological polar surface area (TPSA) is 79.8 Å². The van der Waals surface area contributed by atoms with Gasteiger partial charge in [0.1, 0.15) is 28.5 Å². The number of ether oxygens (including phenoxy) is 2. The van der Waals surface area contributed by atoms with Crippen LogP contribution in [0.15, 0.2) is 54.9 Å². The number of fused-ring (bicyclic) bond motifs is 1. The molecule has 0 saturated carbocycles. The van der Waals surface area contributed by atoms with Gasteiger partial charge in [0.15, 0.2) is 0 Å². The third-order valence-corrected chi connectivity index (χ3v) is 7.46. The summed E-state index contributed by atoms with van der Waals surface area (Å²) in [6, 6.07) is 15.5. The van der Waals surface area contributed by atoms with Crippen molar-refractivity contribution in [3.05, 3.63) is 65.3 Å². The van der Waals surface area contributed by atoms with E-state index in [0.29, 0.717) is 16.3 Å². The molecule has 0 atom stereocenters. The number of thiophene rings is 1. The predicted molar refractivity (Wildman–Crippen MR) is 141 cm³/mol. The zero-order valence-electron chi connectivity index (χ0n) is 19.9. The summed E-state index contributed by atoms with van der Waals surface area (Å²) in [6.45, 7) is 5.39. The Morgan fingerprint density at radius 2 is 1.66 bits per heavy atom. The van der Waals surface area contributed by atoms with Crippen molar-refractivity contribution in [2.75, 3.05) is 55.5 Å². The lowest BCUT2D eigenvalue weighted by molar-refractivity contribution is 0.103. The zero-order valence-corrected chi connectivity index (χ0v) is 20.8. The van der Waals surface area contributed by atoms with Crippen LogP contribution in [0.4, 0.5) is 17.2 Å². The Hall–Kier alpha value is -3.85. The maximum absolute atomic E-state index is 13.1. The molecule has 180 valence electrons. The fourth-order valence-corrected chi connectivity index (χ4v) is 5.41. The molecule has 35 heavy (non-hydrogen) atoms. The molecule has 2 aromatic carbocycles. The fraction of sp³-hybridized carbons (Fsp3) is 0.269. The Bertz CT molecular complexity index is 1350. The van der Waals surface area contributed by atoms with Crippen molar-refractivity contribution in [3.8, 4) is 11.5 Å². The second-order valence-corrected chi connectivity index (χ2v) is 9.29. The number of nitrogens with zero attached hydrogens (tertiary/aromatic N) is 4. The molecule has 5 rings (SSSR count). The number of piperazine rings is 1. The summed E-state index contributed by atoms with van der Waals surface area (Å²) in [5, 5.41) is 3.93. The van der Waals surface area contributed by atoms with Gasteiger partial charge in [0.25, 0.3) is 5.91 Å². The first-order valence-electron chi connectivity index (χ1n) is 11.4. The van der Waals surface area contributed by atoms with Gasteiger partial charge in [-0.15, -0.1) is 11.3 Å². The molecule has 1 aliphatic rings. The van der Waals surface area contributed by atoms with Crippen LogP contribution in [0.25, 0.3) is 10.2 Å². The van der Waals surface area contributed by atoms with E-state index in [0.717, 1.165) is 53.5 Å². The van der Waals surface area contributed by atoms with Crippen molar-refractivity contribution in [1.82, 2.24) is 9.97 Å². The SMILES string of the molecule is COc1ccc(N2CCN(c3ncnc4sc(C(=O)Nc5cccc(OC)c5)c(C)c34)CC2)cc1. The number of nitrogens with one attached hydrogen (secondary N) is 1. The molecule has 1 saturated heterocycles. The summed E-state index contributed by atoms with van der Waals surface area (Å²) >= 11 is 1.40. The van der Waals surface area contributed by atoms with E-state index in [1.807, 2.05) is 37.3 Å². The molecular formula is C26H27N5O3S. The number of amides is 1. The van der Waals surface area contributed by atoms with E-state index in [2.05, 4.69) is 37.2 Å². The normalized spacial score (nSPS) is 13.7. The molecule has 9 heteroatoms. The van der Waals surface area contributed by atoms with E-state index in [4.69, 9.17) is 9.47 Å². The number of benzene rings is 2. The van der Waals surface area contributed by atoms with Crippen LogP contribution in [-0.2, 0) is 0 Å². The van der Waals surface area contributed by atoms with Gasteiger partial charge < -0.3 is 24.6 Å². The first-order chi connectivity index (χ1) is 17.1. The second-order valence-electron chi connectivity index (χ2n) is 8.29. The molecule has 0 radical (unpaired) electrons. The highest BCUT2D eigenvalue weighted by Crippen LogP contribution is 2.36. The number of carbonyl (C=O) groups excluding carboxylic acids is 1. The summed E-state index contributed by atoms with van der Waals surface area (Å²) in [6.07, 6.45) is 1.59. The first kappa shape index (κ1) is 22.9. The van der Waals surface area contributed by atoms with Gasteiger partial charge in [0, 0.05) is 43.6 Å². The first-order valence-corrected chi connectivity index (χ1v) is 12.2. The van der Waals surface area contributed by atoms with Crippen LogP contribution >= 0.6 is 11.3 Å². The molecule has 1 fully saturated rings. The Morgan fingerprint density at radius 3 is 2.37 bits per heavy atom. The summed E-state index contributed by atoms with van der Waals surface area (Å²) in [7, 11) is 3.28. The van der Waals surface area contributed by atoms with Crippen LogP contribution in [0.5, 0.6) is 11.5 Å². The van der Waals surface area contributed by atoms with E-state index in [1.54, 1.807) is 26.6 Å². The second kappa shape index (κ2) is 9.79. The monoisotopic (exact) mass is 489 g/mol. The Kier molecular flexibility index (Phi) is 6.41. The van der Waals surface area contributed by atoms with Crippen LogP contribution in [0.1, 0.15) is 15.2 Å². The molecule has 1 amide bonds. The average molecular weight is 490 g/mol. The molecule has 1 aliphatic heterocycles. The smallest absolute Gasteiger partial charge is 0.266 e. The van der Waals surface area contributed by atoms with Gasteiger partial charge in [-0.1, -0.05) is 6.07 Å². The predicted octanol–water partition coefficient (Wildman–Crippen LogP) is 4.60. The minimum atomic E-state index is -0.158. The minimum absolute atomic E-state index is 0.158. The molecule has 0 unspecified atom stereocenters. The van der Waals surface area contributed by atoms with Gasteiger partial charge in [-0.05, 0) is 48.9 Å². The number of hydrogen-bond donors (Lipinski definition) is 1. The number of rotatable bonds is 6. The number of methoxy groups -OCH3 is 2. The Morgan fingerprint density at radius 1 is 0.943 bits per heavy atom. The van der Waals surface area contributed by atoms with Gasteiger partial charge in [-0.3, -0.25) is 4.79 Å². The molecule has 2 aromatic heterocycles. The molecule has 1 N–H and O–H groups in total. The summed E-state index contributed by atoms with van der Waals surface area (Å²) < 4.78 is 10.5. The molecule has 0 bridgehead atoms. The van der Waals surface area contributed by atoms with Crippen LogP contribution in [0, 0.1) is 6.92 Å². The fourth-order valence-electron chi connectivity index (χ4n) is 4.37. The number of anilines is 3. The third kappa shape index (κ3) is 4.59. The van der Waals surface area contributed by atoms with Gasteiger partial charge in [-0.2, -0.15) is 0 Å². The standard InChI is InChI=1S/C26H27N5O3S/c1-17-22-24(31-13-11-30(12-14-31)19-7-9-20(33-2)10-8-19)27-16-28-26(22)35-23(17)25(32)29-18-5-4-6-21(15-18)34-3/h4-10,15-16H,11-14H2,1-3H3,(H,29,32). The number of aromatic nitrogens is 2. The van der Waals surface area contributed by atoms with E-state index in [9.17, 15) is 4.79 Å². The maximum atomic E-state index is 13.1. The molecular weight excluding hydrogens is 462 g/mol. The average Bonchev–Trinajstić information content (AvgIpc) is 3.25. The van der Waals surface area contributed by atoms with E-state index in [-0.39, 0.29) is 5.91 Å². The van der Waals surface area contributed by atoms with Crippen molar-refractivity contribution in [2.24, 2.45) is 0 Å². The highest BCUT2D eigenvalue weighted by Gasteiger charge is 2.25. The van der Waals surface area contributed by atoms with Gasteiger partial charge >= 0.3 is 0 Å². The highest BCUT2D eigenvalue weighted by atomic mass is 32.1. The van der Waals surface area contributed by atoms with Crippen molar-refractivity contribution in [3.63, 3.8) is 0 Å². The van der Waals surface area contributed by atoms with Crippen molar-refractivity contribution in [1.29, 1.82) is 0 Å². The highest BCUT2D eigenvalue weighted by molar-refractivity contribution is 7.20. The van der Waals surface area contributed by atoms with Gasteiger partial charge in [-0.25, -0.2) is 9.97 Å². The quantitative estimate of drug-likeness (QED) is 0.424. The number of carbonyl (C=O) groups is 1. The van der Waals surface area contributed by atoms with E-state index >= 15 is 0 Å². The molecule has 0 aliphatic carbocycles. The van der Waals surface area contributed by atoms with Crippen molar-refractivity contribution < 1.29 is 14.3 Å². The summed E-state index contributed by atoms with van der Waals surface area (Å²) in [4.78, 5) is 28.3. The zero-order chi connectivity index (χ0) is 24.4. The molecule has 8 nitrogen and oxygen atoms in total. The van der Waals surface area contributed by atoms with Crippen molar-refractivity contribution in [2.45, 2.75) is 6.92 Å². The lowest BCUT2D eigenvalue weighted by Gasteiger charge is -2.37. The lowest BCUT2D eigenvalue weighted by Crippen LogP contribution is -2.46. The molecule has 3 heterocycles. The number of aryl methyl sites for hydroxylation is 1. The number of hydrogen-bond acceptors (Lipinski definition) is 8. The molecule has 0 spiro atoms. The Balaban J connectivity index is 1.35. The third-order valence-electron chi connectivity index (χ3n) is 6.26. The van der Waals surface area contributed by atoms with Crippen LogP contribution in [0.3, 0.4) is 0 Å². The molecule has 4 aromatic rings. The van der Waals surface area contributed by atoms with Crippen LogP contribution < -0.4 is 24.6 Å². The Labute approximate surface area is 208 Å². The van der Waals surface area contributed by atoms with Crippen molar-refractivity contribution >= 4 is 44.7 Å². The summed E-state index contributed by atoms with van der Waals surface area (Å²) in [5.41, 5.74) is 2.77. The minimum Gasteiger partial charge on any atom is -0.497 e. The lowest BCUT2D eigenvalue weighted by atomic mass is 10.1. The van der Waals surface area contributed by atoms with Gasteiger partial charge in [0.05, 0.1) is 24.5 Å².